The van der Waals surface area contributed by atoms with Crippen molar-refractivity contribution in [3.8, 4) is 5.69 Å². The van der Waals surface area contributed by atoms with Gasteiger partial charge < -0.3 is 19.4 Å². The smallest absolute Gasteiger partial charge is 0.273 e. The second kappa shape index (κ2) is 8.40. The molecular formula is C27H34N4O2. The highest BCUT2D eigenvalue weighted by Crippen LogP contribution is 2.38. The molecule has 0 saturated heterocycles. The number of hydrogen-bond acceptors (Lipinski definition) is 2. The van der Waals surface area contributed by atoms with Gasteiger partial charge in [-0.1, -0.05) is 44.9 Å². The van der Waals surface area contributed by atoms with Crippen molar-refractivity contribution in [2.45, 2.75) is 71.0 Å². The Labute approximate surface area is 195 Å². The van der Waals surface area contributed by atoms with Crippen LogP contribution in [0.3, 0.4) is 0 Å². The first-order valence-electron chi connectivity index (χ1n) is 12.3. The van der Waals surface area contributed by atoms with Gasteiger partial charge in [-0.05, 0) is 50.3 Å². The highest BCUT2D eigenvalue weighted by atomic mass is 16.2. The minimum atomic E-state index is -0.933. The third-order valence-electron chi connectivity index (χ3n) is 7.43. The van der Waals surface area contributed by atoms with E-state index in [0.717, 1.165) is 48.7 Å². The van der Waals surface area contributed by atoms with Crippen LogP contribution in [0.4, 0.5) is 0 Å². The molecule has 1 fully saturated rings. The van der Waals surface area contributed by atoms with E-state index in [9.17, 15) is 9.59 Å². The minimum Gasteiger partial charge on any atom is -0.351 e. The largest absolute Gasteiger partial charge is 0.351 e. The molecule has 1 unspecified atom stereocenters. The van der Waals surface area contributed by atoms with Crippen LogP contribution in [0, 0.1) is 5.92 Å². The SMILES string of the molecule is CC(C)CCN1C(=O)c2c(-n3cccc3)c3ccccc3n2CC1(C)C(=O)NC1CCCC1. The number of nitrogens with one attached hydrogen (secondary N) is 1. The Bertz CT molecular complexity index is 1170. The maximum absolute atomic E-state index is 14.2. The van der Waals surface area contributed by atoms with E-state index in [4.69, 9.17) is 0 Å². The normalized spacial score (nSPS) is 21.2. The Kier molecular flexibility index (Phi) is 5.55. The summed E-state index contributed by atoms with van der Waals surface area (Å²) < 4.78 is 4.10. The van der Waals surface area contributed by atoms with Gasteiger partial charge in [0.05, 0.1) is 17.7 Å². The Morgan fingerprint density at radius 3 is 2.52 bits per heavy atom. The van der Waals surface area contributed by atoms with Gasteiger partial charge in [0.25, 0.3) is 5.91 Å². The molecule has 3 aromatic rings. The standard InChI is InChI=1S/C27H34N4O2/c1-19(2)14-17-31-25(32)24-23(29-15-8-9-16-29)21-12-6-7-13-22(21)30(24)18-27(31,3)26(33)28-20-10-4-5-11-20/h6-9,12-13,15-16,19-20H,4-5,10-11,14,17-18H2,1-3H3,(H,28,33). The number of benzene rings is 1. The van der Waals surface area contributed by atoms with Crippen LogP contribution in [0.1, 0.15) is 63.4 Å². The van der Waals surface area contributed by atoms with Gasteiger partial charge in [0.1, 0.15) is 11.2 Å². The molecular weight excluding hydrogens is 412 g/mol. The zero-order valence-corrected chi connectivity index (χ0v) is 19.9. The summed E-state index contributed by atoms with van der Waals surface area (Å²) in [6, 6.07) is 12.3. The van der Waals surface area contributed by atoms with Crippen LogP contribution in [0.2, 0.25) is 0 Å². The Balaban J connectivity index is 1.64. The van der Waals surface area contributed by atoms with E-state index in [2.05, 4.69) is 35.9 Å². The summed E-state index contributed by atoms with van der Waals surface area (Å²) in [5, 5.41) is 4.32. The number of carbonyl (C=O) groups excluding carboxylic acids is 2. The van der Waals surface area contributed by atoms with Crippen molar-refractivity contribution >= 4 is 22.7 Å². The van der Waals surface area contributed by atoms with Crippen molar-refractivity contribution in [1.29, 1.82) is 0 Å². The fraction of sp³-hybridized carbons (Fsp3) is 0.481. The van der Waals surface area contributed by atoms with Gasteiger partial charge in [0.15, 0.2) is 0 Å². The van der Waals surface area contributed by atoms with Crippen LogP contribution >= 0.6 is 0 Å². The van der Waals surface area contributed by atoms with Crippen LogP contribution in [0.15, 0.2) is 48.8 Å². The molecule has 1 aliphatic carbocycles. The summed E-state index contributed by atoms with van der Waals surface area (Å²) in [7, 11) is 0. The number of amides is 2. The van der Waals surface area contributed by atoms with Crippen LogP contribution in [0.25, 0.3) is 16.6 Å². The number of hydrogen-bond donors (Lipinski definition) is 1. The summed E-state index contributed by atoms with van der Waals surface area (Å²) in [4.78, 5) is 29.8. The number of para-hydroxylation sites is 1. The van der Waals surface area contributed by atoms with Crippen molar-refractivity contribution in [2.24, 2.45) is 5.92 Å². The molecule has 6 nitrogen and oxygen atoms in total. The fourth-order valence-corrected chi connectivity index (χ4v) is 5.50. The predicted molar refractivity (Wildman–Crippen MR) is 131 cm³/mol. The molecule has 1 saturated carbocycles. The van der Waals surface area contributed by atoms with E-state index in [1.165, 1.54) is 0 Å². The van der Waals surface area contributed by atoms with Crippen LogP contribution in [-0.2, 0) is 11.3 Å². The van der Waals surface area contributed by atoms with Crippen molar-refractivity contribution < 1.29 is 9.59 Å². The quantitative estimate of drug-likeness (QED) is 0.594. The summed E-state index contributed by atoms with van der Waals surface area (Å²) >= 11 is 0. The second-order valence-electron chi connectivity index (χ2n) is 10.3. The molecule has 1 aliphatic heterocycles. The second-order valence-corrected chi connectivity index (χ2v) is 10.3. The molecule has 174 valence electrons. The number of aromatic nitrogens is 2. The van der Waals surface area contributed by atoms with Gasteiger partial charge >= 0.3 is 0 Å². The minimum absolute atomic E-state index is 0.0301. The Morgan fingerprint density at radius 1 is 1.12 bits per heavy atom. The van der Waals surface area contributed by atoms with Gasteiger partial charge in [0, 0.05) is 30.4 Å². The molecule has 2 aliphatic rings. The molecule has 5 rings (SSSR count). The number of rotatable bonds is 6. The molecule has 2 aromatic heterocycles. The average molecular weight is 447 g/mol. The lowest BCUT2D eigenvalue weighted by Crippen LogP contribution is -2.65. The molecule has 0 radical (unpaired) electrons. The van der Waals surface area contributed by atoms with E-state index in [1.807, 2.05) is 53.0 Å². The number of nitrogens with zero attached hydrogens (tertiary/aromatic N) is 3. The molecule has 1 aromatic carbocycles. The Morgan fingerprint density at radius 2 is 1.82 bits per heavy atom. The van der Waals surface area contributed by atoms with Gasteiger partial charge in [-0.2, -0.15) is 0 Å². The summed E-state index contributed by atoms with van der Waals surface area (Å²) in [5.41, 5.74) is 1.63. The molecule has 2 amide bonds. The predicted octanol–water partition coefficient (Wildman–Crippen LogP) is 4.75. The van der Waals surface area contributed by atoms with Crippen LogP contribution < -0.4 is 5.32 Å². The maximum Gasteiger partial charge on any atom is 0.273 e. The molecule has 0 bridgehead atoms. The van der Waals surface area contributed by atoms with Crippen LogP contribution in [-0.4, -0.2) is 44.0 Å². The van der Waals surface area contributed by atoms with Crippen molar-refractivity contribution in [3.63, 3.8) is 0 Å². The van der Waals surface area contributed by atoms with Gasteiger partial charge in [-0.3, -0.25) is 9.59 Å². The first-order chi connectivity index (χ1) is 15.9. The van der Waals surface area contributed by atoms with Crippen molar-refractivity contribution in [3.05, 3.63) is 54.5 Å². The van der Waals surface area contributed by atoms with Crippen molar-refractivity contribution in [1.82, 2.24) is 19.4 Å². The average Bonchev–Trinajstić information content (AvgIpc) is 3.54. The number of fused-ring (bicyclic) bond motifs is 3. The summed E-state index contributed by atoms with van der Waals surface area (Å²) in [6.07, 6.45) is 9.18. The van der Waals surface area contributed by atoms with Crippen LogP contribution in [0.5, 0.6) is 0 Å². The lowest BCUT2D eigenvalue weighted by atomic mass is 9.93. The van der Waals surface area contributed by atoms with E-state index < -0.39 is 5.54 Å². The first kappa shape index (κ1) is 21.8. The Hall–Kier alpha value is -3.02. The highest BCUT2D eigenvalue weighted by Gasteiger charge is 2.49. The fourth-order valence-electron chi connectivity index (χ4n) is 5.50. The number of carbonyl (C=O) groups is 2. The van der Waals surface area contributed by atoms with Gasteiger partial charge in [-0.15, -0.1) is 0 Å². The van der Waals surface area contributed by atoms with Gasteiger partial charge in [-0.25, -0.2) is 0 Å². The van der Waals surface area contributed by atoms with E-state index >= 15 is 0 Å². The third-order valence-corrected chi connectivity index (χ3v) is 7.43. The molecule has 1 N–H and O–H groups in total. The monoisotopic (exact) mass is 446 g/mol. The topological polar surface area (TPSA) is 59.3 Å². The maximum atomic E-state index is 14.2. The third kappa shape index (κ3) is 3.65. The molecule has 3 heterocycles. The lowest BCUT2D eigenvalue weighted by Gasteiger charge is -2.45. The zero-order chi connectivity index (χ0) is 23.2. The molecule has 1 atom stereocenters. The summed E-state index contributed by atoms with van der Waals surface area (Å²) in [5.74, 6) is 0.347. The lowest BCUT2D eigenvalue weighted by molar-refractivity contribution is -0.133. The van der Waals surface area contributed by atoms with E-state index in [-0.39, 0.29) is 17.9 Å². The van der Waals surface area contributed by atoms with E-state index in [1.54, 1.807) is 0 Å². The molecule has 33 heavy (non-hydrogen) atoms. The highest BCUT2D eigenvalue weighted by molar-refractivity contribution is 6.08. The summed E-state index contributed by atoms with van der Waals surface area (Å²) in [6.45, 7) is 7.28. The van der Waals surface area contributed by atoms with E-state index in [0.29, 0.717) is 24.7 Å². The first-order valence-corrected chi connectivity index (χ1v) is 12.3. The molecule has 0 spiro atoms. The zero-order valence-electron chi connectivity index (χ0n) is 19.9. The molecule has 6 heteroatoms. The van der Waals surface area contributed by atoms with Crippen molar-refractivity contribution in [2.75, 3.05) is 6.54 Å². The van der Waals surface area contributed by atoms with Gasteiger partial charge in [0.2, 0.25) is 5.91 Å².